The van der Waals surface area contributed by atoms with E-state index in [1.165, 1.54) is 5.56 Å². The molecule has 2 unspecified atom stereocenters. The fraction of sp³-hybridized carbons (Fsp3) is 0.576. The van der Waals surface area contributed by atoms with E-state index in [4.69, 9.17) is 4.74 Å². The molecule has 2 aromatic carbocycles. The number of piperazine rings is 2. The van der Waals surface area contributed by atoms with Crippen LogP contribution < -0.4 is 0 Å². The Kier molecular flexibility index (Phi) is 11.9. The summed E-state index contributed by atoms with van der Waals surface area (Å²) in [5.74, 6) is -1.53. The molecule has 2 saturated heterocycles. The van der Waals surface area contributed by atoms with Crippen molar-refractivity contribution in [1.82, 2.24) is 19.6 Å². The summed E-state index contributed by atoms with van der Waals surface area (Å²) in [6, 6.07) is 16.9. The molecule has 4 rings (SSSR count). The minimum atomic E-state index is -0.758. The van der Waals surface area contributed by atoms with Crippen LogP contribution in [0, 0.1) is 11.7 Å². The second kappa shape index (κ2) is 15.5. The van der Waals surface area contributed by atoms with Crippen LogP contribution in [0.2, 0.25) is 0 Å². The number of benzene rings is 2. The predicted octanol–water partition coefficient (Wildman–Crippen LogP) is 4.35. The summed E-state index contributed by atoms with van der Waals surface area (Å²) in [5.41, 5.74) is 1.74. The van der Waals surface area contributed by atoms with E-state index >= 15 is 0 Å². The molecule has 0 radical (unpaired) electrons. The van der Waals surface area contributed by atoms with Crippen LogP contribution in [-0.4, -0.2) is 109 Å². The third-order valence-electron chi connectivity index (χ3n) is 8.58. The molecule has 7 nitrogen and oxygen atoms in total. The van der Waals surface area contributed by atoms with E-state index in [1.807, 2.05) is 30.3 Å². The Balaban J connectivity index is 1.29. The Hall–Kier alpha value is -2.65. The molecule has 2 aromatic rings. The molecule has 41 heavy (non-hydrogen) atoms. The number of nitrogens with zero attached hydrogens (tertiary/aromatic N) is 4. The second-order valence-electron chi connectivity index (χ2n) is 11.6. The number of halogens is 1. The van der Waals surface area contributed by atoms with E-state index in [0.29, 0.717) is 18.0 Å². The van der Waals surface area contributed by atoms with Crippen molar-refractivity contribution in [2.75, 3.05) is 72.1 Å². The Morgan fingerprint density at radius 1 is 0.829 bits per heavy atom. The van der Waals surface area contributed by atoms with Gasteiger partial charge in [0.2, 0.25) is 0 Å². The lowest BCUT2D eigenvalue weighted by atomic mass is 9.93. The molecular weight excluding hydrogens is 519 g/mol. The summed E-state index contributed by atoms with van der Waals surface area (Å²) >= 11 is 0. The second-order valence-corrected chi connectivity index (χ2v) is 11.6. The third-order valence-corrected chi connectivity index (χ3v) is 8.58. The summed E-state index contributed by atoms with van der Waals surface area (Å²) in [6.45, 7) is 16.3. The summed E-state index contributed by atoms with van der Waals surface area (Å²) < 4.78 is 19.0. The summed E-state index contributed by atoms with van der Waals surface area (Å²) in [6.07, 6.45) is 1.25. The van der Waals surface area contributed by atoms with E-state index in [1.54, 1.807) is 31.2 Å². The van der Waals surface area contributed by atoms with Crippen LogP contribution in [0.1, 0.15) is 55.6 Å². The van der Waals surface area contributed by atoms with Crippen LogP contribution in [0.25, 0.3) is 0 Å². The van der Waals surface area contributed by atoms with Crippen molar-refractivity contribution in [2.24, 2.45) is 5.92 Å². The maximum Gasteiger partial charge on any atom is 0.316 e. The van der Waals surface area contributed by atoms with Crippen molar-refractivity contribution in [1.29, 1.82) is 0 Å². The predicted molar refractivity (Wildman–Crippen MR) is 160 cm³/mol. The first-order valence-corrected chi connectivity index (χ1v) is 15.3. The van der Waals surface area contributed by atoms with Crippen molar-refractivity contribution in [2.45, 2.75) is 45.7 Å². The maximum absolute atomic E-state index is 13.7. The first-order chi connectivity index (χ1) is 19.9. The van der Waals surface area contributed by atoms with Crippen LogP contribution in [0.4, 0.5) is 4.39 Å². The van der Waals surface area contributed by atoms with Gasteiger partial charge in [-0.05, 0) is 57.9 Å². The molecule has 0 bridgehead atoms. The number of Topliss-reactive ketones (excluding diaryl/α,β-unsaturated/α-hetero) is 1. The van der Waals surface area contributed by atoms with Gasteiger partial charge >= 0.3 is 5.97 Å². The lowest BCUT2D eigenvalue weighted by molar-refractivity contribution is -0.146. The molecule has 2 fully saturated rings. The van der Waals surface area contributed by atoms with Crippen LogP contribution in [0.5, 0.6) is 0 Å². The molecule has 0 aliphatic carbocycles. The average molecular weight is 567 g/mol. The minimum absolute atomic E-state index is 0.157. The van der Waals surface area contributed by atoms with Gasteiger partial charge in [-0.15, -0.1) is 0 Å². The van der Waals surface area contributed by atoms with Gasteiger partial charge in [-0.2, -0.15) is 0 Å². The van der Waals surface area contributed by atoms with Crippen LogP contribution in [-0.2, 0) is 9.53 Å². The molecule has 0 aromatic heterocycles. The Labute approximate surface area is 245 Å². The van der Waals surface area contributed by atoms with Crippen LogP contribution in [0.3, 0.4) is 0 Å². The van der Waals surface area contributed by atoms with Crippen LogP contribution >= 0.6 is 0 Å². The Morgan fingerprint density at radius 3 is 2.05 bits per heavy atom. The Morgan fingerprint density at radius 2 is 1.44 bits per heavy atom. The highest BCUT2D eigenvalue weighted by Gasteiger charge is 2.31. The SMILES string of the molecule is CCOC(=O)C(CCCN1CCN(CC(c2ccc(F)cc2)N2CCN(C(C)C)CC2)CC1)C(=O)c1ccccc1. The van der Waals surface area contributed by atoms with Gasteiger partial charge in [0.05, 0.1) is 6.61 Å². The number of rotatable bonds is 13. The van der Waals surface area contributed by atoms with Gasteiger partial charge in [-0.25, -0.2) is 4.39 Å². The van der Waals surface area contributed by atoms with Crippen molar-refractivity contribution in [3.8, 4) is 0 Å². The molecule has 2 atom stereocenters. The molecular formula is C33H47FN4O3. The molecule has 224 valence electrons. The van der Waals surface area contributed by atoms with Gasteiger partial charge in [-0.1, -0.05) is 42.5 Å². The van der Waals surface area contributed by atoms with Gasteiger partial charge in [0.25, 0.3) is 0 Å². The first-order valence-electron chi connectivity index (χ1n) is 15.3. The zero-order valence-corrected chi connectivity index (χ0v) is 25.0. The van der Waals surface area contributed by atoms with Crippen LogP contribution in [0.15, 0.2) is 54.6 Å². The number of ketones is 1. The van der Waals surface area contributed by atoms with Gasteiger partial charge < -0.3 is 9.64 Å². The molecule has 0 amide bonds. The zero-order chi connectivity index (χ0) is 29.2. The van der Waals surface area contributed by atoms with E-state index in [0.717, 1.165) is 71.9 Å². The van der Waals surface area contributed by atoms with E-state index in [9.17, 15) is 14.0 Å². The zero-order valence-electron chi connectivity index (χ0n) is 25.0. The number of carbonyl (C=O) groups is 2. The fourth-order valence-corrected chi connectivity index (χ4v) is 6.04. The highest BCUT2D eigenvalue weighted by atomic mass is 19.1. The highest BCUT2D eigenvalue weighted by molar-refractivity contribution is 6.08. The molecule has 2 aliphatic heterocycles. The van der Waals surface area contributed by atoms with E-state index < -0.39 is 11.9 Å². The van der Waals surface area contributed by atoms with E-state index in [-0.39, 0.29) is 24.2 Å². The molecule has 0 spiro atoms. The van der Waals surface area contributed by atoms with Crippen molar-refractivity contribution in [3.05, 3.63) is 71.5 Å². The van der Waals surface area contributed by atoms with Gasteiger partial charge in [-0.3, -0.25) is 24.3 Å². The Bertz CT molecular complexity index is 1080. The number of ether oxygens (including phenoxy) is 1. The standard InChI is InChI=1S/C33H47FN4O3/c1-4-41-33(40)30(32(39)28-9-6-5-7-10-28)11-8-16-35-17-19-36(20-18-35)25-31(27-12-14-29(34)15-13-27)38-23-21-37(22-24-38)26(2)3/h5-7,9-10,12-15,26,30-31H,4,8,11,16-25H2,1-3H3. The van der Waals surface area contributed by atoms with Crippen molar-refractivity contribution in [3.63, 3.8) is 0 Å². The maximum atomic E-state index is 13.7. The number of hydrogen-bond acceptors (Lipinski definition) is 7. The quantitative estimate of drug-likeness (QED) is 0.203. The topological polar surface area (TPSA) is 56.3 Å². The lowest BCUT2D eigenvalue weighted by Crippen LogP contribution is -2.53. The summed E-state index contributed by atoms with van der Waals surface area (Å²) in [4.78, 5) is 35.7. The molecule has 0 saturated carbocycles. The number of carbonyl (C=O) groups excluding carboxylic acids is 2. The van der Waals surface area contributed by atoms with Gasteiger partial charge in [0.1, 0.15) is 11.7 Å². The fourth-order valence-electron chi connectivity index (χ4n) is 6.04. The molecule has 0 N–H and O–H groups in total. The van der Waals surface area contributed by atoms with Crippen molar-refractivity contribution >= 4 is 11.8 Å². The molecule has 8 heteroatoms. The normalized spacial score (nSPS) is 19.2. The third kappa shape index (κ3) is 8.92. The minimum Gasteiger partial charge on any atom is -0.465 e. The number of hydrogen-bond donors (Lipinski definition) is 0. The van der Waals surface area contributed by atoms with Gasteiger partial charge in [0, 0.05) is 76.5 Å². The largest absolute Gasteiger partial charge is 0.465 e. The average Bonchev–Trinajstić information content (AvgIpc) is 2.99. The first kappa shape index (κ1) is 31.3. The lowest BCUT2D eigenvalue weighted by Gasteiger charge is -2.43. The smallest absolute Gasteiger partial charge is 0.316 e. The van der Waals surface area contributed by atoms with Gasteiger partial charge in [0.15, 0.2) is 5.78 Å². The monoisotopic (exact) mass is 566 g/mol. The summed E-state index contributed by atoms with van der Waals surface area (Å²) in [7, 11) is 0. The molecule has 2 heterocycles. The number of esters is 1. The van der Waals surface area contributed by atoms with E-state index in [2.05, 4.69) is 33.4 Å². The molecule has 2 aliphatic rings. The summed E-state index contributed by atoms with van der Waals surface area (Å²) in [5, 5.41) is 0. The van der Waals surface area contributed by atoms with Crippen molar-refractivity contribution < 1.29 is 18.7 Å². The highest BCUT2D eigenvalue weighted by Crippen LogP contribution is 2.25.